The lowest BCUT2D eigenvalue weighted by molar-refractivity contribution is -0.122. The van der Waals surface area contributed by atoms with E-state index in [0.717, 1.165) is 11.0 Å². The van der Waals surface area contributed by atoms with Gasteiger partial charge in [-0.3, -0.25) is 4.79 Å². The molecule has 0 spiro atoms. The highest BCUT2D eigenvalue weighted by atomic mass is 127. The molecule has 0 amide bonds. The Morgan fingerprint density at radius 2 is 2.09 bits per heavy atom. The van der Waals surface area contributed by atoms with Gasteiger partial charge in [0.15, 0.2) is 0 Å². The number of ether oxygens (including phenoxy) is 1. The number of alkyl halides is 1. The number of Topliss-reactive ketones (excluding diaryl/α,β-unsaturated/α-hetero) is 1. The van der Waals surface area contributed by atoms with Crippen molar-refractivity contribution in [2.45, 2.75) is 20.3 Å². The number of carbonyl (C=O) groups excluding carboxylic acids is 1. The molecule has 11 heavy (non-hydrogen) atoms. The summed E-state index contributed by atoms with van der Waals surface area (Å²) in [6.45, 7) is 5.17. The average molecular weight is 270 g/mol. The van der Waals surface area contributed by atoms with Gasteiger partial charge in [0, 0.05) is 16.8 Å². The third-order valence-corrected chi connectivity index (χ3v) is 1.80. The van der Waals surface area contributed by atoms with Gasteiger partial charge in [-0.15, -0.1) is 0 Å². The minimum atomic E-state index is 0.151. The second-order valence-electron chi connectivity index (χ2n) is 2.67. The van der Waals surface area contributed by atoms with E-state index in [2.05, 4.69) is 22.6 Å². The Morgan fingerprint density at radius 1 is 1.45 bits per heavy atom. The summed E-state index contributed by atoms with van der Waals surface area (Å²) in [5, 5.41) is 0. The van der Waals surface area contributed by atoms with Gasteiger partial charge in [0.05, 0.1) is 13.2 Å². The van der Waals surface area contributed by atoms with E-state index >= 15 is 0 Å². The molecule has 0 heterocycles. The Kier molecular flexibility index (Phi) is 7.26. The molecule has 0 aromatic carbocycles. The summed E-state index contributed by atoms with van der Waals surface area (Å²) in [6, 6.07) is 0. The number of halogens is 1. The zero-order chi connectivity index (χ0) is 8.69. The first-order valence-corrected chi connectivity index (χ1v) is 5.37. The molecule has 0 bridgehead atoms. The van der Waals surface area contributed by atoms with Gasteiger partial charge in [0.2, 0.25) is 0 Å². The van der Waals surface area contributed by atoms with Crippen molar-refractivity contribution in [3.63, 3.8) is 0 Å². The lowest BCUT2D eigenvalue weighted by Gasteiger charge is -2.03. The van der Waals surface area contributed by atoms with Crippen molar-refractivity contribution in [1.29, 1.82) is 0 Å². The van der Waals surface area contributed by atoms with Crippen molar-refractivity contribution in [1.82, 2.24) is 0 Å². The normalized spacial score (nSPS) is 10.5. The van der Waals surface area contributed by atoms with E-state index in [1.54, 1.807) is 0 Å². The quantitative estimate of drug-likeness (QED) is 0.419. The van der Waals surface area contributed by atoms with Gasteiger partial charge in [-0.25, -0.2) is 0 Å². The molecular formula is C8H15IO2. The third kappa shape index (κ3) is 6.75. The van der Waals surface area contributed by atoms with E-state index < -0.39 is 0 Å². The molecule has 0 aromatic heterocycles. The van der Waals surface area contributed by atoms with Crippen LogP contribution in [0.15, 0.2) is 0 Å². The van der Waals surface area contributed by atoms with Crippen molar-refractivity contribution >= 4 is 28.4 Å². The van der Waals surface area contributed by atoms with Crippen molar-refractivity contribution in [2.24, 2.45) is 5.92 Å². The summed E-state index contributed by atoms with van der Waals surface area (Å²) in [6.07, 6.45) is 0.564. The molecule has 66 valence electrons. The largest absolute Gasteiger partial charge is 0.380 e. The molecule has 0 N–H and O–H groups in total. The molecule has 0 unspecified atom stereocenters. The molecule has 0 saturated carbocycles. The number of carbonyl (C=O) groups is 1. The maximum absolute atomic E-state index is 11.0. The summed E-state index contributed by atoms with van der Waals surface area (Å²) in [5.74, 6) is 0.441. The van der Waals surface area contributed by atoms with Gasteiger partial charge in [-0.05, 0) is 0 Å². The molecule has 0 fully saturated rings. The van der Waals surface area contributed by atoms with Crippen LogP contribution in [0, 0.1) is 5.92 Å². The summed E-state index contributed by atoms with van der Waals surface area (Å²) >= 11 is 2.25. The first kappa shape index (κ1) is 11.4. The highest BCUT2D eigenvalue weighted by Gasteiger charge is 2.05. The van der Waals surface area contributed by atoms with E-state index in [-0.39, 0.29) is 5.92 Å². The summed E-state index contributed by atoms with van der Waals surface area (Å²) in [4.78, 5) is 11.0. The molecule has 0 rings (SSSR count). The van der Waals surface area contributed by atoms with Crippen LogP contribution < -0.4 is 0 Å². The predicted octanol–water partition coefficient (Wildman–Crippen LogP) is 2.05. The van der Waals surface area contributed by atoms with E-state index in [9.17, 15) is 4.79 Å². The minimum Gasteiger partial charge on any atom is -0.380 e. The van der Waals surface area contributed by atoms with E-state index in [0.29, 0.717) is 18.8 Å². The number of ketones is 1. The van der Waals surface area contributed by atoms with Gasteiger partial charge >= 0.3 is 0 Å². The predicted molar refractivity (Wildman–Crippen MR) is 54.2 cm³/mol. The molecule has 3 heteroatoms. The van der Waals surface area contributed by atoms with Crippen molar-refractivity contribution < 1.29 is 9.53 Å². The molecule has 0 aliphatic heterocycles. The zero-order valence-corrected chi connectivity index (χ0v) is 9.26. The average Bonchev–Trinajstić information content (AvgIpc) is 1.97. The second kappa shape index (κ2) is 7.03. The minimum absolute atomic E-state index is 0.151. The molecular weight excluding hydrogens is 255 g/mol. The smallest absolute Gasteiger partial charge is 0.137 e. The lowest BCUT2D eigenvalue weighted by atomic mass is 10.1. The van der Waals surface area contributed by atoms with Crippen LogP contribution in [0.4, 0.5) is 0 Å². The lowest BCUT2D eigenvalue weighted by Crippen LogP contribution is -2.10. The van der Waals surface area contributed by atoms with Crippen molar-refractivity contribution in [3.8, 4) is 0 Å². The Labute approximate surface area is 81.8 Å². The molecule has 0 atom stereocenters. The highest BCUT2D eigenvalue weighted by Crippen LogP contribution is 1.98. The second-order valence-corrected chi connectivity index (χ2v) is 3.75. The van der Waals surface area contributed by atoms with Crippen LogP contribution in [0.25, 0.3) is 0 Å². The van der Waals surface area contributed by atoms with E-state index in [1.807, 2.05) is 13.8 Å². The van der Waals surface area contributed by atoms with Crippen LogP contribution in [-0.2, 0) is 9.53 Å². The Balaban J connectivity index is 3.18. The van der Waals surface area contributed by atoms with Crippen molar-refractivity contribution in [3.05, 3.63) is 0 Å². The van der Waals surface area contributed by atoms with Gasteiger partial charge in [-0.2, -0.15) is 0 Å². The number of hydrogen-bond donors (Lipinski definition) is 0. The Bertz CT molecular complexity index is 113. The number of rotatable bonds is 6. The fraction of sp³-hybridized carbons (Fsp3) is 0.875. The Morgan fingerprint density at radius 3 is 2.55 bits per heavy atom. The molecule has 0 aliphatic carbocycles. The maximum atomic E-state index is 11.0. The van der Waals surface area contributed by atoms with Gasteiger partial charge in [0.25, 0.3) is 0 Å². The fourth-order valence-electron chi connectivity index (χ4n) is 0.618. The SMILES string of the molecule is CC(C)C(=O)CCOCCI. The van der Waals surface area contributed by atoms with Crippen LogP contribution in [0.3, 0.4) is 0 Å². The molecule has 2 nitrogen and oxygen atoms in total. The summed E-state index contributed by atoms with van der Waals surface area (Å²) in [7, 11) is 0. The van der Waals surface area contributed by atoms with Crippen LogP contribution in [0.5, 0.6) is 0 Å². The topological polar surface area (TPSA) is 26.3 Å². The molecule has 0 radical (unpaired) electrons. The van der Waals surface area contributed by atoms with E-state index in [1.165, 1.54) is 0 Å². The number of hydrogen-bond acceptors (Lipinski definition) is 2. The first-order valence-electron chi connectivity index (χ1n) is 3.85. The summed E-state index contributed by atoms with van der Waals surface area (Å²) < 4.78 is 6.17. The van der Waals surface area contributed by atoms with Gasteiger partial charge < -0.3 is 4.74 Å². The van der Waals surface area contributed by atoms with Crippen LogP contribution in [0.1, 0.15) is 20.3 Å². The monoisotopic (exact) mass is 270 g/mol. The summed E-state index contributed by atoms with van der Waals surface area (Å²) in [5.41, 5.74) is 0. The van der Waals surface area contributed by atoms with Crippen LogP contribution in [-0.4, -0.2) is 23.4 Å². The van der Waals surface area contributed by atoms with Crippen molar-refractivity contribution in [2.75, 3.05) is 17.6 Å². The Hall–Kier alpha value is 0.360. The highest BCUT2D eigenvalue weighted by molar-refractivity contribution is 14.1. The maximum Gasteiger partial charge on any atom is 0.137 e. The van der Waals surface area contributed by atoms with Crippen LogP contribution in [0.2, 0.25) is 0 Å². The molecule has 0 aliphatic rings. The van der Waals surface area contributed by atoms with Crippen LogP contribution >= 0.6 is 22.6 Å². The molecule has 0 aromatic rings. The third-order valence-electron chi connectivity index (χ3n) is 1.36. The van der Waals surface area contributed by atoms with E-state index in [4.69, 9.17) is 4.74 Å². The fourth-order valence-corrected chi connectivity index (χ4v) is 0.929. The standard InChI is InChI=1S/C8H15IO2/c1-7(2)8(10)3-5-11-6-4-9/h7H,3-6H2,1-2H3. The first-order chi connectivity index (χ1) is 5.18. The molecule has 0 saturated heterocycles. The van der Waals surface area contributed by atoms with Gasteiger partial charge in [-0.1, -0.05) is 36.4 Å². The van der Waals surface area contributed by atoms with Gasteiger partial charge in [0.1, 0.15) is 5.78 Å². The zero-order valence-electron chi connectivity index (χ0n) is 7.10.